The van der Waals surface area contributed by atoms with Crippen LogP contribution in [0.5, 0.6) is 11.6 Å². The lowest BCUT2D eigenvalue weighted by Crippen LogP contribution is -2.28. The quantitative estimate of drug-likeness (QED) is 0.359. The van der Waals surface area contributed by atoms with Gasteiger partial charge < -0.3 is 14.4 Å². The second-order valence-electron chi connectivity index (χ2n) is 8.49. The molecule has 5 nitrogen and oxygen atoms in total. The number of hydrogen-bond donors (Lipinski definition) is 0. The van der Waals surface area contributed by atoms with E-state index in [0.717, 1.165) is 36.4 Å². The topological polar surface area (TPSA) is 47.5 Å². The van der Waals surface area contributed by atoms with Crippen molar-refractivity contribution in [2.45, 2.75) is 45.0 Å². The van der Waals surface area contributed by atoms with Gasteiger partial charge in [-0.3, -0.25) is 0 Å². The van der Waals surface area contributed by atoms with Gasteiger partial charge in [0.25, 0.3) is 0 Å². The van der Waals surface area contributed by atoms with Crippen LogP contribution < -0.4 is 9.47 Å². The summed E-state index contributed by atoms with van der Waals surface area (Å²) >= 11 is 0. The van der Waals surface area contributed by atoms with Gasteiger partial charge in [-0.15, -0.1) is 10.2 Å². The van der Waals surface area contributed by atoms with Crippen LogP contribution in [0.1, 0.15) is 37.3 Å². The van der Waals surface area contributed by atoms with E-state index in [1.165, 1.54) is 31.5 Å². The Hall–Kier alpha value is -3.13. The maximum Gasteiger partial charge on any atom is 0.416 e. The van der Waals surface area contributed by atoms with Gasteiger partial charge in [0.15, 0.2) is 0 Å². The molecule has 3 aromatic rings. The van der Waals surface area contributed by atoms with Crippen LogP contribution >= 0.6 is 0 Å². The molecular weight excluding hydrogens is 443 g/mol. The van der Waals surface area contributed by atoms with Gasteiger partial charge in [0.2, 0.25) is 5.88 Å². The monoisotopic (exact) mass is 471 g/mol. The Kier molecular flexibility index (Phi) is 7.67. The van der Waals surface area contributed by atoms with Gasteiger partial charge in [0.1, 0.15) is 12.4 Å². The van der Waals surface area contributed by atoms with E-state index in [1.54, 1.807) is 12.1 Å². The van der Waals surface area contributed by atoms with E-state index >= 15 is 0 Å². The van der Waals surface area contributed by atoms with Crippen LogP contribution in [0, 0.1) is 0 Å². The molecule has 2 heterocycles. The van der Waals surface area contributed by atoms with Crippen LogP contribution in [-0.2, 0) is 12.8 Å². The van der Waals surface area contributed by atoms with Crippen molar-refractivity contribution in [1.29, 1.82) is 0 Å². The molecule has 2 aromatic carbocycles. The molecule has 1 aromatic heterocycles. The lowest BCUT2D eigenvalue weighted by molar-refractivity contribution is -0.137. The summed E-state index contributed by atoms with van der Waals surface area (Å²) < 4.78 is 49.4. The van der Waals surface area contributed by atoms with E-state index in [9.17, 15) is 13.2 Å². The molecule has 0 N–H and O–H groups in total. The summed E-state index contributed by atoms with van der Waals surface area (Å²) in [6.07, 6.45) is -0.765. The molecule has 0 spiro atoms. The van der Waals surface area contributed by atoms with Gasteiger partial charge in [0, 0.05) is 24.2 Å². The number of ether oxygens (including phenoxy) is 2. The Morgan fingerprint density at radius 3 is 2.32 bits per heavy atom. The molecule has 0 saturated carbocycles. The van der Waals surface area contributed by atoms with E-state index in [2.05, 4.69) is 22.0 Å². The van der Waals surface area contributed by atoms with Crippen molar-refractivity contribution >= 4 is 0 Å². The minimum absolute atomic E-state index is 0.106. The fraction of sp³-hybridized carbons (Fsp3) is 0.385. The zero-order chi connectivity index (χ0) is 24.0. The number of aromatic nitrogens is 2. The molecule has 34 heavy (non-hydrogen) atoms. The third-order valence-electron chi connectivity index (χ3n) is 6.01. The van der Waals surface area contributed by atoms with E-state index in [0.29, 0.717) is 29.8 Å². The maximum absolute atomic E-state index is 12.6. The zero-order valence-corrected chi connectivity index (χ0v) is 19.1. The standard InChI is InChI=1S/C26H28F3N3O2/c1-19-4-2-15-32(19)16-3-17-33-23-11-7-21(8-12-23)24-13-14-25(31-30-24)34-18-20-5-9-22(10-6-20)26(27,28)29/h5-14,19H,2-4,15-18H2,1H3. The highest BCUT2D eigenvalue weighted by molar-refractivity contribution is 5.59. The molecule has 0 radical (unpaired) electrons. The lowest BCUT2D eigenvalue weighted by Gasteiger charge is -2.20. The lowest BCUT2D eigenvalue weighted by atomic mass is 10.1. The first-order valence-electron chi connectivity index (χ1n) is 11.5. The summed E-state index contributed by atoms with van der Waals surface area (Å²) in [5.74, 6) is 1.12. The Balaban J connectivity index is 1.23. The highest BCUT2D eigenvalue weighted by Gasteiger charge is 2.29. The van der Waals surface area contributed by atoms with Crippen molar-refractivity contribution in [1.82, 2.24) is 15.1 Å². The van der Waals surface area contributed by atoms with Crippen LogP contribution in [-0.4, -0.2) is 40.8 Å². The fourth-order valence-corrected chi connectivity index (χ4v) is 4.00. The van der Waals surface area contributed by atoms with Crippen LogP contribution in [0.15, 0.2) is 60.7 Å². The average molecular weight is 472 g/mol. The molecule has 1 aliphatic rings. The third kappa shape index (κ3) is 6.47. The van der Waals surface area contributed by atoms with Gasteiger partial charge in [-0.25, -0.2) is 0 Å². The van der Waals surface area contributed by atoms with Crippen LogP contribution in [0.4, 0.5) is 13.2 Å². The number of halogens is 3. The molecule has 4 rings (SSSR count). The van der Waals surface area contributed by atoms with Gasteiger partial charge in [-0.05, 0) is 80.8 Å². The number of likely N-dealkylation sites (tertiary alicyclic amines) is 1. The second kappa shape index (κ2) is 10.9. The predicted octanol–water partition coefficient (Wildman–Crippen LogP) is 5.99. The average Bonchev–Trinajstić information content (AvgIpc) is 3.25. The summed E-state index contributed by atoms with van der Waals surface area (Å²) in [6.45, 7) is 5.34. The van der Waals surface area contributed by atoms with Crippen molar-refractivity contribution in [3.8, 4) is 22.9 Å². The second-order valence-corrected chi connectivity index (χ2v) is 8.49. The smallest absolute Gasteiger partial charge is 0.416 e. The highest BCUT2D eigenvalue weighted by Crippen LogP contribution is 2.29. The predicted molar refractivity (Wildman–Crippen MR) is 124 cm³/mol. The zero-order valence-electron chi connectivity index (χ0n) is 19.1. The first kappa shape index (κ1) is 24.0. The first-order valence-corrected chi connectivity index (χ1v) is 11.5. The van der Waals surface area contributed by atoms with Crippen LogP contribution in [0.3, 0.4) is 0 Å². The molecule has 1 fully saturated rings. The third-order valence-corrected chi connectivity index (χ3v) is 6.01. The van der Waals surface area contributed by atoms with Gasteiger partial charge in [-0.1, -0.05) is 12.1 Å². The summed E-state index contributed by atoms with van der Waals surface area (Å²) in [5, 5.41) is 8.26. The van der Waals surface area contributed by atoms with Crippen LogP contribution in [0.25, 0.3) is 11.3 Å². The minimum Gasteiger partial charge on any atom is -0.494 e. The Morgan fingerprint density at radius 2 is 1.71 bits per heavy atom. The first-order chi connectivity index (χ1) is 16.4. The number of rotatable bonds is 9. The molecule has 0 amide bonds. The van der Waals surface area contributed by atoms with Gasteiger partial charge in [0.05, 0.1) is 17.9 Å². The molecule has 1 aliphatic heterocycles. The SMILES string of the molecule is CC1CCCN1CCCOc1ccc(-c2ccc(OCc3ccc(C(F)(F)F)cc3)nn2)cc1. The van der Waals surface area contributed by atoms with E-state index in [-0.39, 0.29) is 6.61 Å². The number of hydrogen-bond acceptors (Lipinski definition) is 5. The van der Waals surface area contributed by atoms with Crippen molar-refractivity contribution in [2.24, 2.45) is 0 Å². The summed E-state index contributed by atoms with van der Waals surface area (Å²) in [4.78, 5) is 2.52. The number of alkyl halides is 3. The summed E-state index contributed by atoms with van der Waals surface area (Å²) in [6, 6.07) is 16.7. The Morgan fingerprint density at radius 1 is 0.941 bits per heavy atom. The van der Waals surface area contributed by atoms with Crippen molar-refractivity contribution in [2.75, 3.05) is 19.7 Å². The normalized spacial score (nSPS) is 16.5. The molecule has 8 heteroatoms. The van der Waals surface area contributed by atoms with E-state index in [4.69, 9.17) is 9.47 Å². The molecule has 1 saturated heterocycles. The largest absolute Gasteiger partial charge is 0.494 e. The van der Waals surface area contributed by atoms with Crippen molar-refractivity contribution in [3.05, 3.63) is 71.8 Å². The molecule has 1 unspecified atom stereocenters. The summed E-state index contributed by atoms with van der Waals surface area (Å²) in [7, 11) is 0. The highest BCUT2D eigenvalue weighted by atomic mass is 19.4. The molecule has 0 aliphatic carbocycles. The van der Waals surface area contributed by atoms with Gasteiger partial charge in [-0.2, -0.15) is 13.2 Å². The van der Waals surface area contributed by atoms with E-state index < -0.39 is 11.7 Å². The molecule has 180 valence electrons. The minimum atomic E-state index is -4.35. The fourth-order valence-electron chi connectivity index (χ4n) is 4.00. The molecular formula is C26H28F3N3O2. The number of benzene rings is 2. The Bertz CT molecular complexity index is 1040. The maximum atomic E-state index is 12.6. The Labute approximate surface area is 197 Å². The van der Waals surface area contributed by atoms with Crippen molar-refractivity contribution < 1.29 is 22.6 Å². The summed E-state index contributed by atoms with van der Waals surface area (Å²) in [5.41, 5.74) is 1.52. The number of nitrogens with zero attached hydrogens (tertiary/aromatic N) is 3. The molecule has 1 atom stereocenters. The van der Waals surface area contributed by atoms with Crippen molar-refractivity contribution in [3.63, 3.8) is 0 Å². The molecule has 0 bridgehead atoms. The van der Waals surface area contributed by atoms with E-state index in [1.807, 2.05) is 24.3 Å². The van der Waals surface area contributed by atoms with Crippen LogP contribution in [0.2, 0.25) is 0 Å². The van der Waals surface area contributed by atoms with Gasteiger partial charge >= 0.3 is 6.18 Å².